The molecule has 5 heteroatoms. The molecule has 0 aromatic heterocycles. The highest BCUT2D eigenvalue weighted by Crippen LogP contribution is 2.18. The molecule has 0 heterocycles. The van der Waals surface area contributed by atoms with Crippen LogP contribution in [0.3, 0.4) is 0 Å². The third-order valence-electron chi connectivity index (χ3n) is 5.41. The molecule has 0 aromatic carbocycles. The predicted molar refractivity (Wildman–Crippen MR) is 118 cm³/mol. The zero-order valence-electron chi connectivity index (χ0n) is 19.0. The lowest BCUT2D eigenvalue weighted by Crippen LogP contribution is -3.00. The van der Waals surface area contributed by atoms with Crippen molar-refractivity contribution in [1.29, 1.82) is 0 Å². The third-order valence-corrected chi connectivity index (χ3v) is 5.79. The Morgan fingerprint density at radius 1 is 0.857 bits per heavy atom. The van der Waals surface area contributed by atoms with Crippen LogP contribution in [0.1, 0.15) is 110 Å². The highest BCUT2D eigenvalue weighted by atomic mass is 35.5. The average Bonchev–Trinajstić information content (AvgIpc) is 2.57. The number of likely N-dealkylation sites (N-methyl/N-ethyl adjacent to an activating group) is 1. The summed E-state index contributed by atoms with van der Waals surface area (Å²) in [5.41, 5.74) is 0. The molecule has 1 N–H and O–H groups in total. The van der Waals surface area contributed by atoms with E-state index in [1.807, 2.05) is 14.1 Å². The second kappa shape index (κ2) is 19.2. The number of halogens is 2. The van der Waals surface area contributed by atoms with Crippen LogP contribution in [-0.2, 0) is 4.79 Å². The van der Waals surface area contributed by atoms with Crippen LogP contribution in [0.5, 0.6) is 0 Å². The molecular weight excluding hydrogens is 393 g/mol. The minimum atomic E-state index is -0.473. The Kier molecular flexibility index (Phi) is 20.8. The van der Waals surface area contributed by atoms with Gasteiger partial charge in [-0.25, -0.2) is 4.79 Å². The van der Waals surface area contributed by atoms with Gasteiger partial charge in [0.1, 0.15) is 12.6 Å². The molecule has 0 fully saturated rings. The van der Waals surface area contributed by atoms with Gasteiger partial charge in [0.05, 0.1) is 20.5 Å². The van der Waals surface area contributed by atoms with E-state index >= 15 is 0 Å². The molecule has 28 heavy (non-hydrogen) atoms. The van der Waals surface area contributed by atoms with Crippen LogP contribution >= 0.6 is 11.6 Å². The fraction of sp³-hybridized carbons (Fsp3) is 0.957. The van der Waals surface area contributed by atoms with Crippen LogP contribution in [0, 0.1) is 0 Å². The molecule has 0 bridgehead atoms. The largest absolute Gasteiger partial charge is 1.00 e. The van der Waals surface area contributed by atoms with Gasteiger partial charge in [0, 0.05) is 5.38 Å². The summed E-state index contributed by atoms with van der Waals surface area (Å²) in [4.78, 5) is 12.3. The normalized spacial score (nSPS) is 13.8. The minimum Gasteiger partial charge on any atom is -1.00 e. The van der Waals surface area contributed by atoms with Crippen LogP contribution in [0.15, 0.2) is 0 Å². The van der Waals surface area contributed by atoms with Gasteiger partial charge >= 0.3 is 5.91 Å². The van der Waals surface area contributed by atoms with Crippen LogP contribution in [-0.4, -0.2) is 47.6 Å². The SMILES string of the molecule is CCCCCCCCCCCCCCCC(Cl)CC(=O)[N+](C)(C)CC(C)O.[Cl-]. The van der Waals surface area contributed by atoms with Crippen molar-refractivity contribution in [2.45, 2.75) is 122 Å². The van der Waals surface area contributed by atoms with E-state index in [1.165, 1.54) is 77.0 Å². The number of carbonyl (C=O) groups is 1. The quantitative estimate of drug-likeness (QED) is 0.201. The lowest BCUT2D eigenvalue weighted by atomic mass is 10.0. The van der Waals surface area contributed by atoms with E-state index in [-0.39, 0.29) is 28.2 Å². The second-order valence-electron chi connectivity index (χ2n) is 8.94. The number of alkyl halides is 1. The van der Waals surface area contributed by atoms with E-state index in [0.717, 1.165) is 12.8 Å². The van der Waals surface area contributed by atoms with Gasteiger partial charge in [-0.15, -0.1) is 11.6 Å². The van der Waals surface area contributed by atoms with Gasteiger partial charge in [-0.05, 0) is 13.3 Å². The molecule has 0 aliphatic carbocycles. The number of aliphatic hydroxyl groups is 1. The van der Waals surface area contributed by atoms with Crippen molar-refractivity contribution < 1.29 is 26.8 Å². The van der Waals surface area contributed by atoms with Crippen molar-refractivity contribution in [3.8, 4) is 0 Å². The summed E-state index contributed by atoms with van der Waals surface area (Å²) in [7, 11) is 3.70. The lowest BCUT2D eigenvalue weighted by Gasteiger charge is -2.28. The van der Waals surface area contributed by atoms with Crippen LogP contribution in [0.2, 0.25) is 0 Å². The number of hydrogen-bond acceptors (Lipinski definition) is 2. The first-order valence-electron chi connectivity index (χ1n) is 11.5. The maximum absolute atomic E-state index is 12.3. The zero-order chi connectivity index (χ0) is 20.5. The summed E-state index contributed by atoms with van der Waals surface area (Å²) < 4.78 is 0.208. The highest BCUT2D eigenvalue weighted by Gasteiger charge is 2.29. The molecule has 0 aliphatic heterocycles. The first-order valence-corrected chi connectivity index (χ1v) is 11.9. The summed E-state index contributed by atoms with van der Waals surface area (Å²) in [6, 6.07) is 0. The molecule has 1 amide bonds. The Morgan fingerprint density at radius 2 is 1.25 bits per heavy atom. The maximum Gasteiger partial charge on any atom is 0.314 e. The Bertz CT molecular complexity index is 363. The average molecular weight is 441 g/mol. The summed E-state index contributed by atoms with van der Waals surface area (Å²) in [6.07, 6.45) is 18.4. The number of unbranched alkanes of at least 4 members (excludes halogenated alkanes) is 12. The van der Waals surface area contributed by atoms with Crippen molar-refractivity contribution in [2.75, 3.05) is 20.6 Å². The molecule has 0 spiro atoms. The third kappa shape index (κ3) is 18.2. The van der Waals surface area contributed by atoms with Crippen LogP contribution < -0.4 is 12.4 Å². The van der Waals surface area contributed by atoms with Gasteiger partial charge < -0.3 is 17.5 Å². The fourth-order valence-corrected chi connectivity index (χ4v) is 3.97. The number of carbonyl (C=O) groups excluding carboxylic acids is 1. The number of hydrogen-bond donors (Lipinski definition) is 1. The fourth-order valence-electron chi connectivity index (χ4n) is 3.68. The molecule has 2 atom stereocenters. The van der Waals surface area contributed by atoms with E-state index in [0.29, 0.717) is 13.0 Å². The molecule has 3 nitrogen and oxygen atoms in total. The van der Waals surface area contributed by atoms with Crippen LogP contribution in [0.25, 0.3) is 0 Å². The van der Waals surface area contributed by atoms with Gasteiger partial charge in [-0.1, -0.05) is 90.4 Å². The Labute approximate surface area is 186 Å². The smallest absolute Gasteiger partial charge is 0.314 e. The van der Waals surface area contributed by atoms with Crippen molar-refractivity contribution in [3.63, 3.8) is 0 Å². The lowest BCUT2D eigenvalue weighted by molar-refractivity contribution is -0.817. The molecule has 0 saturated heterocycles. The molecule has 170 valence electrons. The van der Waals surface area contributed by atoms with Gasteiger partial charge in [-0.3, -0.25) is 4.48 Å². The topological polar surface area (TPSA) is 37.3 Å². The number of quaternary nitrogens is 1. The molecule has 0 radical (unpaired) electrons. The van der Waals surface area contributed by atoms with E-state index in [1.54, 1.807) is 6.92 Å². The number of nitrogens with zero attached hydrogens (tertiary/aromatic N) is 1. The second-order valence-corrected chi connectivity index (χ2v) is 9.56. The van der Waals surface area contributed by atoms with Crippen molar-refractivity contribution in [1.82, 2.24) is 0 Å². The van der Waals surface area contributed by atoms with Crippen molar-refractivity contribution in [3.05, 3.63) is 0 Å². The number of amides is 1. The Hall–Kier alpha value is 0.170. The monoisotopic (exact) mass is 439 g/mol. The minimum absolute atomic E-state index is 0. The standard InChI is InChI=1S/C23H47ClNO2.ClH/c1-5-6-7-8-9-10-11-12-13-14-15-16-17-18-22(24)19-23(27)25(3,4)20-21(2)26;/h21-22,26H,5-20H2,1-4H3;1H/q+1;/p-1. The van der Waals surface area contributed by atoms with Gasteiger partial charge in [0.2, 0.25) is 0 Å². The molecular formula is C23H47Cl2NO2. The molecule has 0 aromatic rings. The van der Waals surface area contributed by atoms with Gasteiger partial charge in [0.15, 0.2) is 0 Å². The van der Waals surface area contributed by atoms with E-state index in [9.17, 15) is 9.90 Å². The van der Waals surface area contributed by atoms with Crippen LogP contribution in [0.4, 0.5) is 0 Å². The summed E-state index contributed by atoms with van der Waals surface area (Å²) >= 11 is 6.37. The Morgan fingerprint density at radius 3 is 1.64 bits per heavy atom. The first kappa shape index (κ1) is 30.4. The van der Waals surface area contributed by atoms with Gasteiger partial charge in [0.25, 0.3) is 0 Å². The van der Waals surface area contributed by atoms with Crippen molar-refractivity contribution in [2.24, 2.45) is 0 Å². The first-order chi connectivity index (χ1) is 12.8. The molecule has 0 rings (SSSR count). The molecule has 0 saturated carbocycles. The van der Waals surface area contributed by atoms with Gasteiger partial charge in [-0.2, -0.15) is 0 Å². The summed E-state index contributed by atoms with van der Waals surface area (Å²) in [5.74, 6) is 0.116. The molecule has 2 unspecified atom stereocenters. The highest BCUT2D eigenvalue weighted by molar-refractivity contribution is 6.21. The maximum atomic E-state index is 12.3. The zero-order valence-corrected chi connectivity index (χ0v) is 20.5. The van der Waals surface area contributed by atoms with E-state index in [4.69, 9.17) is 11.6 Å². The molecule has 0 aliphatic rings. The summed E-state index contributed by atoms with van der Waals surface area (Å²) in [5, 5.41) is 9.43. The summed E-state index contributed by atoms with van der Waals surface area (Å²) in [6.45, 7) is 4.44. The van der Waals surface area contributed by atoms with E-state index in [2.05, 4.69) is 6.92 Å². The number of rotatable bonds is 18. The van der Waals surface area contributed by atoms with Crippen molar-refractivity contribution >= 4 is 17.5 Å². The van der Waals surface area contributed by atoms with E-state index < -0.39 is 6.10 Å². The predicted octanol–water partition coefficient (Wildman–Crippen LogP) is 3.45. The Balaban J connectivity index is 0. The number of aliphatic hydroxyl groups excluding tert-OH is 1.